The zero-order valence-corrected chi connectivity index (χ0v) is 11.8. The molecule has 0 amide bonds. The van der Waals surface area contributed by atoms with Crippen molar-refractivity contribution in [1.29, 1.82) is 0 Å². The zero-order valence-electron chi connectivity index (χ0n) is 11.8. The van der Waals surface area contributed by atoms with E-state index < -0.39 is 0 Å². The average molecular weight is 217 g/mol. The molecule has 0 N–H and O–H groups in total. The summed E-state index contributed by atoms with van der Waals surface area (Å²) in [5.74, 6) is 1.77. The van der Waals surface area contributed by atoms with Crippen LogP contribution >= 0.6 is 0 Å². The molecule has 0 spiro atoms. The van der Waals surface area contributed by atoms with Gasteiger partial charge in [-0.05, 0) is 25.3 Å². The van der Waals surface area contributed by atoms with Gasteiger partial charge in [-0.1, -0.05) is 34.6 Å². The molecule has 15 heavy (non-hydrogen) atoms. The molecule has 1 aliphatic heterocycles. The largest absolute Gasteiger partial charge is 0.385 e. The van der Waals surface area contributed by atoms with E-state index in [9.17, 15) is 0 Å². The minimum absolute atomic E-state index is 0.839. The van der Waals surface area contributed by atoms with Crippen molar-refractivity contribution in [3.63, 3.8) is 0 Å². The highest BCUT2D eigenvalue weighted by Gasteiger charge is 2.27. The highest BCUT2D eigenvalue weighted by molar-refractivity contribution is 4.80. The molecule has 1 rings (SSSR count). The summed E-state index contributed by atoms with van der Waals surface area (Å²) in [7, 11) is 3.96. The van der Waals surface area contributed by atoms with Crippen LogP contribution in [0.3, 0.4) is 0 Å². The van der Waals surface area contributed by atoms with E-state index >= 15 is 0 Å². The first-order valence-corrected chi connectivity index (χ1v) is 6.41. The SMILES string of the molecule is CC.CC.COCCC(C)C1CN(C)C1. The predicted octanol–water partition coefficient (Wildman–Crippen LogP) is 3.27. The van der Waals surface area contributed by atoms with Crippen LogP contribution in [-0.4, -0.2) is 38.8 Å². The van der Waals surface area contributed by atoms with Crippen LogP contribution in [0.15, 0.2) is 0 Å². The van der Waals surface area contributed by atoms with E-state index in [0.717, 1.165) is 18.4 Å². The van der Waals surface area contributed by atoms with Crippen LogP contribution in [0.25, 0.3) is 0 Å². The summed E-state index contributed by atoms with van der Waals surface area (Å²) in [6.07, 6.45) is 1.22. The summed E-state index contributed by atoms with van der Waals surface area (Å²) >= 11 is 0. The number of rotatable bonds is 4. The number of methoxy groups -OCH3 is 1. The molecule has 0 aromatic carbocycles. The Kier molecular flexibility index (Phi) is 13.8. The van der Waals surface area contributed by atoms with Crippen LogP contribution in [0.4, 0.5) is 0 Å². The van der Waals surface area contributed by atoms with E-state index in [1.165, 1.54) is 19.5 Å². The van der Waals surface area contributed by atoms with E-state index in [1.54, 1.807) is 7.11 Å². The van der Waals surface area contributed by atoms with Gasteiger partial charge in [0.25, 0.3) is 0 Å². The zero-order chi connectivity index (χ0) is 12.3. The van der Waals surface area contributed by atoms with Crippen LogP contribution in [-0.2, 0) is 4.74 Å². The Morgan fingerprint density at radius 2 is 1.67 bits per heavy atom. The van der Waals surface area contributed by atoms with Crippen molar-refractivity contribution in [2.24, 2.45) is 11.8 Å². The normalized spacial score (nSPS) is 17.8. The summed E-state index contributed by atoms with van der Waals surface area (Å²) < 4.78 is 5.04. The smallest absolute Gasteiger partial charge is 0.0464 e. The lowest BCUT2D eigenvalue weighted by Crippen LogP contribution is -2.46. The molecule has 0 aliphatic carbocycles. The molecule has 2 nitrogen and oxygen atoms in total. The van der Waals surface area contributed by atoms with Crippen LogP contribution in [0.1, 0.15) is 41.0 Å². The van der Waals surface area contributed by atoms with Crippen molar-refractivity contribution >= 4 is 0 Å². The maximum Gasteiger partial charge on any atom is 0.0464 e. The monoisotopic (exact) mass is 217 g/mol. The standard InChI is InChI=1S/C9H19NO.2C2H6/c1-8(4-5-11-3)9-6-10(2)7-9;2*1-2/h8-9H,4-7H2,1-3H3;2*1-2H3. The van der Waals surface area contributed by atoms with Crippen molar-refractivity contribution in [3.05, 3.63) is 0 Å². The molecule has 1 unspecified atom stereocenters. The molecule has 1 aliphatic rings. The summed E-state index contributed by atoms with van der Waals surface area (Å²) in [4.78, 5) is 2.37. The highest BCUT2D eigenvalue weighted by Crippen LogP contribution is 2.24. The Morgan fingerprint density at radius 3 is 2.00 bits per heavy atom. The quantitative estimate of drug-likeness (QED) is 0.716. The van der Waals surface area contributed by atoms with Crippen LogP contribution in [0.2, 0.25) is 0 Å². The summed E-state index contributed by atoms with van der Waals surface area (Å²) in [5.41, 5.74) is 0. The highest BCUT2D eigenvalue weighted by atomic mass is 16.5. The van der Waals surface area contributed by atoms with E-state index in [2.05, 4.69) is 18.9 Å². The van der Waals surface area contributed by atoms with Crippen LogP contribution in [0, 0.1) is 11.8 Å². The Bertz CT molecular complexity index is 111. The van der Waals surface area contributed by atoms with E-state index in [4.69, 9.17) is 4.74 Å². The molecule has 0 aromatic rings. The molecule has 1 fully saturated rings. The molecular weight excluding hydrogens is 186 g/mol. The van der Waals surface area contributed by atoms with Crippen LogP contribution < -0.4 is 0 Å². The maximum atomic E-state index is 5.04. The molecular formula is C13H31NO. The predicted molar refractivity (Wildman–Crippen MR) is 69.3 cm³/mol. The van der Waals surface area contributed by atoms with Crippen LogP contribution in [0.5, 0.6) is 0 Å². The van der Waals surface area contributed by atoms with Gasteiger partial charge < -0.3 is 9.64 Å². The van der Waals surface area contributed by atoms with Crippen molar-refractivity contribution in [3.8, 4) is 0 Å². The van der Waals surface area contributed by atoms with Gasteiger partial charge in [0.05, 0.1) is 0 Å². The Labute approximate surface area is 97.0 Å². The van der Waals surface area contributed by atoms with Crippen molar-refractivity contribution in [2.45, 2.75) is 41.0 Å². The summed E-state index contributed by atoms with van der Waals surface area (Å²) in [6.45, 7) is 13.8. The van der Waals surface area contributed by atoms with Gasteiger partial charge in [-0.25, -0.2) is 0 Å². The first-order chi connectivity index (χ1) is 7.24. The molecule has 94 valence electrons. The summed E-state index contributed by atoms with van der Waals surface area (Å²) in [5, 5.41) is 0. The van der Waals surface area contributed by atoms with Crippen molar-refractivity contribution in [1.82, 2.24) is 4.90 Å². The van der Waals surface area contributed by atoms with Gasteiger partial charge in [0.15, 0.2) is 0 Å². The maximum absolute atomic E-state index is 5.04. The number of nitrogens with zero attached hydrogens (tertiary/aromatic N) is 1. The van der Waals surface area contributed by atoms with Gasteiger partial charge in [-0.2, -0.15) is 0 Å². The Morgan fingerprint density at radius 1 is 1.20 bits per heavy atom. The second kappa shape index (κ2) is 12.0. The van der Waals surface area contributed by atoms with Gasteiger partial charge in [-0.15, -0.1) is 0 Å². The number of hydrogen-bond donors (Lipinski definition) is 0. The molecule has 0 aromatic heterocycles. The second-order valence-electron chi connectivity index (χ2n) is 3.74. The lowest BCUT2D eigenvalue weighted by molar-refractivity contribution is 0.0707. The lowest BCUT2D eigenvalue weighted by Gasteiger charge is -2.40. The average Bonchev–Trinajstić information content (AvgIpc) is 2.27. The van der Waals surface area contributed by atoms with E-state index in [1.807, 2.05) is 27.7 Å². The van der Waals surface area contributed by atoms with E-state index in [0.29, 0.717) is 0 Å². The minimum atomic E-state index is 0.839. The number of likely N-dealkylation sites (tertiary alicyclic amines) is 1. The number of ether oxygens (including phenoxy) is 1. The third-order valence-electron chi connectivity index (χ3n) is 2.67. The minimum Gasteiger partial charge on any atom is -0.385 e. The first kappa shape index (κ1) is 17.3. The van der Waals surface area contributed by atoms with Gasteiger partial charge in [0.2, 0.25) is 0 Å². The van der Waals surface area contributed by atoms with Gasteiger partial charge >= 0.3 is 0 Å². The van der Waals surface area contributed by atoms with Gasteiger partial charge in [0.1, 0.15) is 0 Å². The molecule has 1 saturated heterocycles. The number of hydrogen-bond acceptors (Lipinski definition) is 2. The van der Waals surface area contributed by atoms with Gasteiger partial charge in [-0.3, -0.25) is 0 Å². The van der Waals surface area contributed by atoms with E-state index in [-0.39, 0.29) is 0 Å². The molecule has 1 atom stereocenters. The topological polar surface area (TPSA) is 12.5 Å². The third kappa shape index (κ3) is 7.80. The molecule has 2 heteroatoms. The second-order valence-corrected chi connectivity index (χ2v) is 3.74. The fourth-order valence-corrected chi connectivity index (χ4v) is 1.65. The Hall–Kier alpha value is -0.0800. The fraction of sp³-hybridized carbons (Fsp3) is 1.00. The Balaban J connectivity index is 0. The van der Waals surface area contributed by atoms with Gasteiger partial charge in [0, 0.05) is 26.8 Å². The molecule has 1 heterocycles. The van der Waals surface area contributed by atoms with Crippen molar-refractivity contribution < 1.29 is 4.74 Å². The third-order valence-corrected chi connectivity index (χ3v) is 2.67. The molecule has 0 saturated carbocycles. The van der Waals surface area contributed by atoms with Crippen molar-refractivity contribution in [2.75, 3.05) is 33.9 Å². The fourth-order valence-electron chi connectivity index (χ4n) is 1.65. The summed E-state index contributed by atoms with van der Waals surface area (Å²) in [6, 6.07) is 0. The molecule has 0 radical (unpaired) electrons. The lowest BCUT2D eigenvalue weighted by atomic mass is 9.86. The first-order valence-electron chi connectivity index (χ1n) is 6.41. The molecule has 0 bridgehead atoms.